The van der Waals surface area contributed by atoms with E-state index in [9.17, 15) is 9.90 Å². The standard InChI is InChI=1S/C16H23N3O2/c1-4-8-13(18-19-17)11-14(20)16(2,3)15(21)12-9-6-5-7-10-12/h5-7,9-10,13-14,20H,4,8,11H2,1-3H3/t13-,14+/m0/s1. The van der Waals surface area contributed by atoms with E-state index in [1.807, 2.05) is 13.0 Å². The van der Waals surface area contributed by atoms with E-state index in [1.54, 1.807) is 38.1 Å². The van der Waals surface area contributed by atoms with Gasteiger partial charge in [-0.15, -0.1) is 0 Å². The minimum absolute atomic E-state index is 0.105. The second kappa shape index (κ2) is 7.81. The van der Waals surface area contributed by atoms with Crippen LogP contribution >= 0.6 is 0 Å². The van der Waals surface area contributed by atoms with E-state index in [0.717, 1.165) is 6.42 Å². The van der Waals surface area contributed by atoms with Crippen molar-refractivity contribution in [1.29, 1.82) is 0 Å². The summed E-state index contributed by atoms with van der Waals surface area (Å²) in [5, 5.41) is 14.1. The van der Waals surface area contributed by atoms with Gasteiger partial charge in [0.05, 0.1) is 11.5 Å². The zero-order valence-corrected chi connectivity index (χ0v) is 12.9. The second-order valence-electron chi connectivity index (χ2n) is 5.82. The monoisotopic (exact) mass is 289 g/mol. The summed E-state index contributed by atoms with van der Waals surface area (Å²) in [5.74, 6) is -0.105. The van der Waals surface area contributed by atoms with Gasteiger partial charge >= 0.3 is 0 Å². The van der Waals surface area contributed by atoms with Crippen LogP contribution < -0.4 is 0 Å². The molecule has 0 aromatic heterocycles. The predicted octanol–water partition coefficient (Wildman–Crippen LogP) is 4.13. The van der Waals surface area contributed by atoms with Crippen LogP contribution in [0.15, 0.2) is 35.4 Å². The van der Waals surface area contributed by atoms with Crippen LogP contribution in [0.5, 0.6) is 0 Å². The zero-order valence-electron chi connectivity index (χ0n) is 12.9. The van der Waals surface area contributed by atoms with Crippen LogP contribution in [-0.4, -0.2) is 23.0 Å². The molecule has 0 saturated carbocycles. The first-order valence-corrected chi connectivity index (χ1v) is 7.25. The summed E-state index contributed by atoms with van der Waals surface area (Å²) < 4.78 is 0. The van der Waals surface area contributed by atoms with Gasteiger partial charge in [-0.3, -0.25) is 4.79 Å². The molecule has 2 atom stereocenters. The van der Waals surface area contributed by atoms with Crippen molar-refractivity contribution in [3.05, 3.63) is 46.3 Å². The molecule has 21 heavy (non-hydrogen) atoms. The minimum atomic E-state index is -0.918. The summed E-state index contributed by atoms with van der Waals surface area (Å²) in [7, 11) is 0. The Balaban J connectivity index is 2.85. The highest BCUT2D eigenvalue weighted by atomic mass is 16.3. The number of carbonyl (C=O) groups excluding carboxylic acids is 1. The van der Waals surface area contributed by atoms with Gasteiger partial charge in [-0.05, 0) is 18.4 Å². The van der Waals surface area contributed by atoms with E-state index >= 15 is 0 Å². The Hall–Kier alpha value is -1.84. The first kappa shape index (κ1) is 17.2. The van der Waals surface area contributed by atoms with Crippen LogP contribution in [0.1, 0.15) is 50.4 Å². The van der Waals surface area contributed by atoms with Crippen molar-refractivity contribution in [2.24, 2.45) is 10.5 Å². The van der Waals surface area contributed by atoms with Crippen LogP contribution in [0.2, 0.25) is 0 Å². The van der Waals surface area contributed by atoms with Crippen LogP contribution in [0.3, 0.4) is 0 Å². The molecule has 5 nitrogen and oxygen atoms in total. The van der Waals surface area contributed by atoms with Gasteiger partial charge < -0.3 is 5.11 Å². The van der Waals surface area contributed by atoms with Crippen molar-refractivity contribution in [2.75, 3.05) is 0 Å². The van der Waals surface area contributed by atoms with Gasteiger partial charge in [-0.2, -0.15) is 0 Å². The van der Waals surface area contributed by atoms with Crippen LogP contribution in [0.25, 0.3) is 10.4 Å². The number of azide groups is 1. The van der Waals surface area contributed by atoms with E-state index in [0.29, 0.717) is 18.4 Å². The van der Waals surface area contributed by atoms with Gasteiger partial charge in [0, 0.05) is 16.5 Å². The highest BCUT2D eigenvalue weighted by Crippen LogP contribution is 2.30. The van der Waals surface area contributed by atoms with Gasteiger partial charge in [0.2, 0.25) is 0 Å². The number of nitrogens with zero attached hydrogens (tertiary/aromatic N) is 3. The molecule has 0 spiro atoms. The summed E-state index contributed by atoms with van der Waals surface area (Å²) in [4.78, 5) is 15.4. The third-order valence-electron chi connectivity index (χ3n) is 3.79. The molecule has 1 aromatic carbocycles. The molecule has 0 saturated heterocycles. The smallest absolute Gasteiger partial charge is 0.171 e. The SMILES string of the molecule is CCC[C@@H](C[C@@H](O)C(C)(C)C(=O)c1ccccc1)N=[N+]=[N-]. The molecule has 0 unspecified atom stereocenters. The van der Waals surface area contributed by atoms with Crippen LogP contribution in [-0.2, 0) is 0 Å². The number of benzene rings is 1. The number of ketones is 1. The molecular formula is C16H23N3O2. The van der Waals surface area contributed by atoms with E-state index in [2.05, 4.69) is 10.0 Å². The predicted molar refractivity (Wildman–Crippen MR) is 83.0 cm³/mol. The largest absolute Gasteiger partial charge is 0.392 e. The molecule has 0 aliphatic rings. The fourth-order valence-corrected chi connectivity index (χ4v) is 2.29. The summed E-state index contributed by atoms with van der Waals surface area (Å²) in [6, 6.07) is 8.66. The molecule has 0 bridgehead atoms. The van der Waals surface area contributed by atoms with Crippen molar-refractivity contribution < 1.29 is 9.90 Å². The maximum absolute atomic E-state index is 12.5. The van der Waals surface area contributed by atoms with Crippen molar-refractivity contribution in [3.8, 4) is 0 Å². The van der Waals surface area contributed by atoms with Crippen molar-refractivity contribution in [3.63, 3.8) is 0 Å². The summed E-state index contributed by atoms with van der Waals surface area (Å²) in [6.45, 7) is 5.45. The maximum Gasteiger partial charge on any atom is 0.171 e. The van der Waals surface area contributed by atoms with Crippen LogP contribution in [0, 0.1) is 5.41 Å². The first-order valence-electron chi connectivity index (χ1n) is 7.25. The molecule has 5 heteroatoms. The molecule has 1 rings (SSSR count). The lowest BCUT2D eigenvalue weighted by Gasteiger charge is -2.30. The van der Waals surface area contributed by atoms with Gasteiger partial charge in [-0.25, -0.2) is 0 Å². The minimum Gasteiger partial charge on any atom is -0.392 e. The Labute approximate surface area is 125 Å². The zero-order chi connectivity index (χ0) is 15.9. The van der Waals surface area contributed by atoms with E-state index in [1.165, 1.54) is 0 Å². The third-order valence-corrected chi connectivity index (χ3v) is 3.79. The molecule has 0 radical (unpaired) electrons. The van der Waals surface area contributed by atoms with E-state index in [-0.39, 0.29) is 11.8 Å². The van der Waals surface area contributed by atoms with Crippen molar-refractivity contribution in [1.82, 2.24) is 0 Å². The Morgan fingerprint density at radius 1 is 1.38 bits per heavy atom. The number of aliphatic hydroxyl groups is 1. The number of Topliss-reactive ketones (excluding diaryl/α,β-unsaturated/α-hetero) is 1. The lowest BCUT2D eigenvalue weighted by molar-refractivity contribution is 0.0324. The van der Waals surface area contributed by atoms with E-state index in [4.69, 9.17) is 5.53 Å². The van der Waals surface area contributed by atoms with Gasteiger partial charge in [0.25, 0.3) is 0 Å². The van der Waals surface area contributed by atoms with Gasteiger partial charge in [-0.1, -0.05) is 62.6 Å². The van der Waals surface area contributed by atoms with Crippen molar-refractivity contribution in [2.45, 2.75) is 52.2 Å². The molecule has 0 amide bonds. The lowest BCUT2D eigenvalue weighted by atomic mass is 9.77. The topological polar surface area (TPSA) is 86.1 Å². The lowest BCUT2D eigenvalue weighted by Crippen LogP contribution is -2.39. The van der Waals surface area contributed by atoms with E-state index < -0.39 is 11.5 Å². The quantitative estimate of drug-likeness (QED) is 0.337. The highest BCUT2D eigenvalue weighted by molar-refractivity contribution is 6.00. The summed E-state index contributed by atoms with van der Waals surface area (Å²) >= 11 is 0. The average Bonchev–Trinajstić information content (AvgIpc) is 2.47. The Morgan fingerprint density at radius 2 is 2.00 bits per heavy atom. The van der Waals surface area contributed by atoms with Crippen LogP contribution in [0.4, 0.5) is 0 Å². The average molecular weight is 289 g/mol. The molecule has 1 N–H and O–H groups in total. The highest BCUT2D eigenvalue weighted by Gasteiger charge is 2.37. The summed E-state index contributed by atoms with van der Waals surface area (Å²) in [5.41, 5.74) is 8.24. The Kier molecular flexibility index (Phi) is 6.40. The normalized spacial score (nSPS) is 14.1. The third kappa shape index (κ3) is 4.59. The number of hydrogen-bond donors (Lipinski definition) is 1. The number of carbonyl (C=O) groups is 1. The Bertz CT molecular complexity index is 508. The number of aliphatic hydroxyl groups excluding tert-OH is 1. The molecule has 0 aliphatic heterocycles. The molecule has 0 heterocycles. The molecule has 0 aliphatic carbocycles. The molecule has 114 valence electrons. The molecular weight excluding hydrogens is 266 g/mol. The fourth-order valence-electron chi connectivity index (χ4n) is 2.29. The second-order valence-corrected chi connectivity index (χ2v) is 5.82. The van der Waals surface area contributed by atoms with Crippen molar-refractivity contribution >= 4 is 5.78 Å². The Morgan fingerprint density at radius 3 is 2.52 bits per heavy atom. The number of hydrogen-bond acceptors (Lipinski definition) is 3. The van der Waals surface area contributed by atoms with Gasteiger partial charge in [0.15, 0.2) is 5.78 Å². The first-order chi connectivity index (χ1) is 9.93. The van der Waals surface area contributed by atoms with Gasteiger partial charge in [0.1, 0.15) is 0 Å². The summed E-state index contributed by atoms with van der Waals surface area (Å²) in [6.07, 6.45) is 1.01. The fraction of sp³-hybridized carbons (Fsp3) is 0.562. The molecule has 0 fully saturated rings. The maximum atomic E-state index is 12.5. The number of rotatable bonds is 8. The molecule has 1 aromatic rings.